The molecule has 3 aromatic heterocycles. The van der Waals surface area contributed by atoms with Crippen LogP contribution in [0.15, 0.2) is 65.5 Å². The molecule has 0 radical (unpaired) electrons. The number of aromatic nitrogens is 3. The zero-order valence-corrected chi connectivity index (χ0v) is 17.9. The van der Waals surface area contributed by atoms with E-state index in [1.54, 1.807) is 12.4 Å². The molecule has 5 nitrogen and oxygen atoms in total. The zero-order valence-electron chi connectivity index (χ0n) is 16.3. The second-order valence-corrected chi connectivity index (χ2v) is 7.89. The topological polar surface area (TPSA) is 59.3 Å². The van der Waals surface area contributed by atoms with Gasteiger partial charge >= 0.3 is 0 Å². The van der Waals surface area contributed by atoms with Crippen LogP contribution in [-0.4, -0.2) is 20.3 Å². The minimum Gasteiger partial charge on any atom is -0.321 e. The maximum atomic E-state index is 13.1. The molecule has 0 saturated heterocycles. The number of imidazole rings is 1. The molecular weight excluding hydrogens is 428 g/mol. The monoisotopic (exact) mass is 448 g/mol. The zero-order chi connectivity index (χ0) is 20.4. The van der Waals surface area contributed by atoms with Gasteiger partial charge in [-0.15, -0.1) is 0 Å². The Bertz CT molecular complexity index is 1170. The molecule has 29 heavy (non-hydrogen) atoms. The Morgan fingerprint density at radius 2 is 1.79 bits per heavy atom. The molecule has 0 atom stereocenters. The van der Waals surface area contributed by atoms with Gasteiger partial charge in [-0.3, -0.25) is 14.2 Å². The molecule has 0 unspecified atom stereocenters. The van der Waals surface area contributed by atoms with Crippen molar-refractivity contribution in [2.45, 2.75) is 26.7 Å². The second kappa shape index (κ2) is 8.17. The van der Waals surface area contributed by atoms with Gasteiger partial charge in [-0.1, -0.05) is 19.1 Å². The summed E-state index contributed by atoms with van der Waals surface area (Å²) < 4.78 is 2.78. The number of rotatable bonds is 5. The average Bonchev–Trinajstić information content (AvgIpc) is 3.09. The molecule has 1 aromatic carbocycles. The average molecular weight is 449 g/mol. The molecule has 6 heteroatoms. The Hall–Kier alpha value is -2.99. The Balaban J connectivity index is 1.58. The van der Waals surface area contributed by atoms with Crippen LogP contribution in [0.2, 0.25) is 0 Å². The standard InChI is InChI=1S/C23H21BrN4O/c1-3-20-21(28-14-18(24)12-15(2)22(28)27-20)23(29)26-19-6-4-16(5-7-19)13-17-8-10-25-11-9-17/h4-12,14H,3,13H2,1-2H3,(H,26,29). The molecule has 1 amide bonds. The Kier molecular flexibility index (Phi) is 5.45. The van der Waals surface area contributed by atoms with Gasteiger partial charge in [-0.05, 0) is 82.7 Å². The predicted octanol–water partition coefficient (Wildman–Crippen LogP) is 5.21. The third kappa shape index (κ3) is 4.07. The molecular formula is C23H21BrN4O. The van der Waals surface area contributed by atoms with E-state index in [1.165, 1.54) is 11.1 Å². The summed E-state index contributed by atoms with van der Waals surface area (Å²) in [6.45, 7) is 4.01. The molecule has 0 saturated carbocycles. The number of fused-ring (bicyclic) bond motifs is 1. The van der Waals surface area contributed by atoms with E-state index in [1.807, 2.05) is 66.9 Å². The number of aryl methyl sites for hydroxylation is 2. The number of hydrogen-bond acceptors (Lipinski definition) is 3. The maximum Gasteiger partial charge on any atom is 0.274 e. The van der Waals surface area contributed by atoms with E-state index in [4.69, 9.17) is 0 Å². The number of carbonyl (C=O) groups is 1. The first-order chi connectivity index (χ1) is 14.0. The van der Waals surface area contributed by atoms with Crippen molar-refractivity contribution >= 4 is 33.2 Å². The highest BCUT2D eigenvalue weighted by molar-refractivity contribution is 9.10. The highest BCUT2D eigenvalue weighted by Crippen LogP contribution is 2.22. The molecule has 146 valence electrons. The summed E-state index contributed by atoms with van der Waals surface area (Å²) in [5, 5.41) is 3.02. The van der Waals surface area contributed by atoms with Crippen molar-refractivity contribution in [2.24, 2.45) is 0 Å². The number of amides is 1. The normalized spacial score (nSPS) is 11.0. The fourth-order valence-electron chi connectivity index (χ4n) is 3.43. The highest BCUT2D eigenvalue weighted by atomic mass is 79.9. The summed E-state index contributed by atoms with van der Waals surface area (Å²) in [5.74, 6) is -0.159. The van der Waals surface area contributed by atoms with Crippen LogP contribution in [0.1, 0.15) is 39.8 Å². The van der Waals surface area contributed by atoms with Crippen molar-refractivity contribution < 1.29 is 4.79 Å². The van der Waals surface area contributed by atoms with Crippen LogP contribution in [0.3, 0.4) is 0 Å². The fraction of sp³-hybridized carbons (Fsp3) is 0.174. The van der Waals surface area contributed by atoms with Gasteiger partial charge in [0.15, 0.2) is 0 Å². The first-order valence-electron chi connectivity index (χ1n) is 9.51. The Morgan fingerprint density at radius 1 is 1.10 bits per heavy atom. The third-order valence-corrected chi connectivity index (χ3v) is 5.30. The van der Waals surface area contributed by atoms with Crippen molar-refractivity contribution in [3.05, 3.63) is 93.6 Å². The van der Waals surface area contributed by atoms with Gasteiger partial charge in [0.2, 0.25) is 0 Å². The number of halogens is 1. The number of carbonyl (C=O) groups excluding carboxylic acids is 1. The van der Waals surface area contributed by atoms with E-state index in [0.717, 1.165) is 33.5 Å². The Labute approximate surface area is 178 Å². The van der Waals surface area contributed by atoms with Crippen molar-refractivity contribution in [3.8, 4) is 0 Å². The van der Waals surface area contributed by atoms with Crippen LogP contribution in [0, 0.1) is 6.92 Å². The van der Waals surface area contributed by atoms with Crippen molar-refractivity contribution in [2.75, 3.05) is 5.32 Å². The van der Waals surface area contributed by atoms with Crippen LogP contribution in [0.4, 0.5) is 5.69 Å². The van der Waals surface area contributed by atoms with E-state index in [2.05, 4.69) is 31.2 Å². The summed E-state index contributed by atoms with van der Waals surface area (Å²) in [5.41, 5.74) is 6.34. The highest BCUT2D eigenvalue weighted by Gasteiger charge is 2.19. The van der Waals surface area contributed by atoms with Gasteiger partial charge in [-0.25, -0.2) is 4.98 Å². The minimum absolute atomic E-state index is 0.159. The number of nitrogens with one attached hydrogen (secondary N) is 1. The summed E-state index contributed by atoms with van der Waals surface area (Å²) in [6, 6.07) is 14.0. The molecule has 4 rings (SSSR count). The van der Waals surface area contributed by atoms with E-state index in [0.29, 0.717) is 12.1 Å². The van der Waals surface area contributed by atoms with Gasteiger partial charge in [0, 0.05) is 28.8 Å². The van der Waals surface area contributed by atoms with Gasteiger partial charge < -0.3 is 5.32 Å². The lowest BCUT2D eigenvalue weighted by Crippen LogP contribution is -2.16. The third-order valence-electron chi connectivity index (χ3n) is 4.86. The first-order valence-corrected chi connectivity index (χ1v) is 10.3. The van der Waals surface area contributed by atoms with Gasteiger partial charge in [-0.2, -0.15) is 0 Å². The smallest absolute Gasteiger partial charge is 0.274 e. The van der Waals surface area contributed by atoms with Crippen LogP contribution < -0.4 is 5.32 Å². The summed E-state index contributed by atoms with van der Waals surface area (Å²) >= 11 is 3.52. The molecule has 0 aliphatic heterocycles. The first kappa shape index (κ1) is 19.3. The summed E-state index contributed by atoms with van der Waals surface area (Å²) in [7, 11) is 0. The van der Waals surface area contributed by atoms with Crippen LogP contribution in [0.5, 0.6) is 0 Å². The lowest BCUT2D eigenvalue weighted by molar-refractivity contribution is 0.102. The molecule has 0 aliphatic carbocycles. The summed E-state index contributed by atoms with van der Waals surface area (Å²) in [4.78, 5) is 21.8. The van der Waals surface area contributed by atoms with Crippen molar-refractivity contribution in [1.82, 2.24) is 14.4 Å². The number of pyridine rings is 2. The van der Waals surface area contributed by atoms with E-state index >= 15 is 0 Å². The minimum atomic E-state index is -0.159. The molecule has 3 heterocycles. The lowest BCUT2D eigenvalue weighted by atomic mass is 10.1. The molecule has 0 fully saturated rings. The second-order valence-electron chi connectivity index (χ2n) is 6.98. The molecule has 1 N–H and O–H groups in total. The lowest BCUT2D eigenvalue weighted by Gasteiger charge is -2.09. The fourth-order valence-corrected chi connectivity index (χ4v) is 3.98. The van der Waals surface area contributed by atoms with Gasteiger partial charge in [0.05, 0.1) is 5.69 Å². The van der Waals surface area contributed by atoms with Crippen LogP contribution in [0.25, 0.3) is 5.65 Å². The summed E-state index contributed by atoms with van der Waals surface area (Å²) in [6.07, 6.45) is 7.00. The number of nitrogens with zero attached hydrogens (tertiary/aromatic N) is 3. The van der Waals surface area contributed by atoms with Crippen molar-refractivity contribution in [1.29, 1.82) is 0 Å². The Morgan fingerprint density at radius 3 is 2.48 bits per heavy atom. The van der Waals surface area contributed by atoms with E-state index in [-0.39, 0.29) is 5.91 Å². The van der Waals surface area contributed by atoms with E-state index < -0.39 is 0 Å². The molecule has 0 bridgehead atoms. The molecule has 4 aromatic rings. The van der Waals surface area contributed by atoms with Crippen molar-refractivity contribution in [3.63, 3.8) is 0 Å². The van der Waals surface area contributed by atoms with E-state index in [9.17, 15) is 4.79 Å². The number of benzene rings is 1. The SMILES string of the molecule is CCc1nc2c(C)cc(Br)cn2c1C(=O)Nc1ccc(Cc2ccncc2)cc1. The number of anilines is 1. The van der Waals surface area contributed by atoms with Crippen LogP contribution in [-0.2, 0) is 12.8 Å². The number of hydrogen-bond donors (Lipinski definition) is 1. The van der Waals surface area contributed by atoms with Crippen LogP contribution >= 0.6 is 15.9 Å². The van der Waals surface area contributed by atoms with Gasteiger partial charge in [0.1, 0.15) is 11.3 Å². The maximum absolute atomic E-state index is 13.1. The molecule has 0 spiro atoms. The van der Waals surface area contributed by atoms with Gasteiger partial charge in [0.25, 0.3) is 5.91 Å². The molecule has 0 aliphatic rings. The predicted molar refractivity (Wildman–Crippen MR) is 118 cm³/mol. The largest absolute Gasteiger partial charge is 0.321 e. The quantitative estimate of drug-likeness (QED) is 0.455.